The quantitative estimate of drug-likeness (QED) is 0.700. The van der Waals surface area contributed by atoms with Crippen molar-refractivity contribution in [2.24, 2.45) is 7.05 Å². The second kappa shape index (κ2) is 3.77. The number of carbonyl (C=O) groups excluding carboxylic acids is 1. The molecule has 90 valence electrons. The van der Waals surface area contributed by atoms with E-state index in [1.54, 1.807) is 12.1 Å². The highest BCUT2D eigenvalue weighted by Crippen LogP contribution is 2.21. The number of fused-ring (bicyclic) bond motifs is 1. The lowest BCUT2D eigenvalue weighted by Crippen LogP contribution is -2.06. The third kappa shape index (κ3) is 1.50. The predicted octanol–water partition coefficient (Wildman–Crippen LogP) is 2.58. The summed E-state index contributed by atoms with van der Waals surface area (Å²) in [5.74, 6) is 0.348. The fraction of sp³-hybridized carbons (Fsp3) is 0.0714. The first kappa shape index (κ1) is 10.7. The van der Waals surface area contributed by atoms with Crippen LogP contribution < -0.4 is 5.73 Å². The van der Waals surface area contributed by atoms with Crippen LogP contribution in [0.3, 0.4) is 0 Å². The van der Waals surface area contributed by atoms with Gasteiger partial charge in [0.25, 0.3) is 0 Å². The topological polar surface area (TPSA) is 61.2 Å². The molecule has 2 heterocycles. The Bertz CT molecular complexity index is 737. The molecule has 0 aliphatic rings. The molecule has 0 saturated carbocycles. The second-order valence-electron chi connectivity index (χ2n) is 4.18. The average molecular weight is 240 g/mol. The molecule has 18 heavy (non-hydrogen) atoms. The van der Waals surface area contributed by atoms with Gasteiger partial charge in [0.15, 0.2) is 11.6 Å². The Morgan fingerprint density at radius 2 is 2.00 bits per heavy atom. The molecular formula is C14H12N2O2. The Morgan fingerprint density at radius 1 is 1.22 bits per heavy atom. The highest BCUT2D eigenvalue weighted by Gasteiger charge is 2.17. The lowest BCUT2D eigenvalue weighted by Gasteiger charge is -2.01. The highest BCUT2D eigenvalue weighted by atomic mass is 16.4. The van der Waals surface area contributed by atoms with Gasteiger partial charge in [-0.15, -0.1) is 0 Å². The van der Waals surface area contributed by atoms with Crippen LogP contribution in [0.1, 0.15) is 16.2 Å². The van der Waals surface area contributed by atoms with Gasteiger partial charge in [0, 0.05) is 24.0 Å². The van der Waals surface area contributed by atoms with E-state index in [0.29, 0.717) is 5.69 Å². The number of hydrogen-bond donors (Lipinski definition) is 1. The largest absolute Gasteiger partial charge is 0.437 e. The van der Waals surface area contributed by atoms with Crippen molar-refractivity contribution in [3.05, 3.63) is 53.9 Å². The van der Waals surface area contributed by atoms with Crippen molar-refractivity contribution in [2.45, 2.75) is 0 Å². The maximum Gasteiger partial charge on any atom is 0.244 e. The van der Waals surface area contributed by atoms with Crippen molar-refractivity contribution in [3.8, 4) is 0 Å². The van der Waals surface area contributed by atoms with E-state index in [1.807, 2.05) is 41.9 Å². The molecule has 0 atom stereocenters. The lowest BCUT2D eigenvalue weighted by atomic mass is 10.2. The third-order valence-corrected chi connectivity index (χ3v) is 3.03. The minimum Gasteiger partial charge on any atom is -0.437 e. The molecule has 4 heteroatoms. The number of nitrogens with two attached hydrogens (primary N) is 1. The summed E-state index contributed by atoms with van der Waals surface area (Å²) in [4.78, 5) is 12.3. The Morgan fingerprint density at radius 3 is 2.67 bits per heavy atom. The average Bonchev–Trinajstić information content (AvgIpc) is 2.94. The lowest BCUT2D eigenvalue weighted by molar-refractivity contribution is 0.100. The summed E-state index contributed by atoms with van der Waals surface area (Å²) in [6.45, 7) is 0. The van der Waals surface area contributed by atoms with Gasteiger partial charge in [-0.2, -0.15) is 0 Å². The Labute approximate surface area is 104 Å². The Balaban J connectivity index is 2.14. The van der Waals surface area contributed by atoms with Gasteiger partial charge >= 0.3 is 0 Å². The summed E-state index contributed by atoms with van der Waals surface area (Å²) < 4.78 is 7.02. The van der Waals surface area contributed by atoms with Gasteiger partial charge in [-0.3, -0.25) is 4.79 Å². The monoisotopic (exact) mass is 240 g/mol. The summed E-state index contributed by atoms with van der Waals surface area (Å²) >= 11 is 0. The Hall–Kier alpha value is -2.49. The molecule has 3 aromatic rings. The molecule has 2 aromatic heterocycles. The van der Waals surface area contributed by atoms with E-state index in [0.717, 1.165) is 10.9 Å². The molecule has 0 amide bonds. The number of hydrogen-bond acceptors (Lipinski definition) is 3. The number of aryl methyl sites for hydroxylation is 1. The zero-order valence-corrected chi connectivity index (χ0v) is 9.88. The summed E-state index contributed by atoms with van der Waals surface area (Å²) in [6.07, 6.45) is 0. The van der Waals surface area contributed by atoms with Crippen LogP contribution in [0.5, 0.6) is 0 Å². The second-order valence-corrected chi connectivity index (χ2v) is 4.18. The van der Waals surface area contributed by atoms with E-state index in [4.69, 9.17) is 10.2 Å². The zero-order valence-electron chi connectivity index (χ0n) is 9.88. The van der Waals surface area contributed by atoms with Gasteiger partial charge in [0.05, 0.1) is 5.69 Å². The van der Waals surface area contributed by atoms with Gasteiger partial charge < -0.3 is 14.7 Å². The van der Waals surface area contributed by atoms with Crippen LogP contribution in [0.25, 0.3) is 10.9 Å². The number of nitrogen functional groups attached to an aromatic ring is 1. The molecule has 0 radical (unpaired) electrons. The zero-order chi connectivity index (χ0) is 12.7. The van der Waals surface area contributed by atoms with Gasteiger partial charge in [-0.25, -0.2) is 0 Å². The number of para-hydroxylation sites is 1. The van der Waals surface area contributed by atoms with Crippen molar-refractivity contribution < 1.29 is 9.21 Å². The van der Waals surface area contributed by atoms with E-state index in [1.165, 1.54) is 0 Å². The van der Waals surface area contributed by atoms with Crippen LogP contribution in [-0.4, -0.2) is 10.4 Å². The fourth-order valence-corrected chi connectivity index (χ4v) is 2.11. The van der Waals surface area contributed by atoms with E-state index < -0.39 is 0 Å². The number of aromatic nitrogens is 1. The fourth-order valence-electron chi connectivity index (χ4n) is 2.11. The van der Waals surface area contributed by atoms with Crippen molar-refractivity contribution in [1.29, 1.82) is 0 Å². The first-order valence-corrected chi connectivity index (χ1v) is 5.61. The van der Waals surface area contributed by atoms with Crippen LogP contribution in [0.15, 0.2) is 46.9 Å². The van der Waals surface area contributed by atoms with Gasteiger partial charge in [-0.05, 0) is 18.2 Å². The van der Waals surface area contributed by atoms with Crippen molar-refractivity contribution in [3.63, 3.8) is 0 Å². The highest BCUT2D eigenvalue weighted by molar-refractivity contribution is 6.09. The SMILES string of the molecule is Cn1c(C(=O)c2ccc(N)o2)cc2ccccc21. The summed E-state index contributed by atoms with van der Waals surface area (Å²) in [7, 11) is 1.86. The van der Waals surface area contributed by atoms with E-state index in [9.17, 15) is 4.79 Å². The van der Waals surface area contributed by atoms with E-state index >= 15 is 0 Å². The van der Waals surface area contributed by atoms with Gasteiger partial charge in [0.1, 0.15) is 0 Å². The van der Waals surface area contributed by atoms with Gasteiger partial charge in [0.2, 0.25) is 5.78 Å². The molecule has 0 fully saturated rings. The normalized spacial score (nSPS) is 10.9. The summed E-state index contributed by atoms with van der Waals surface area (Å²) in [6, 6.07) is 12.9. The smallest absolute Gasteiger partial charge is 0.244 e. The molecule has 1 aromatic carbocycles. The molecule has 0 aliphatic heterocycles. The number of ketones is 1. The van der Waals surface area contributed by atoms with Crippen LogP contribution in [-0.2, 0) is 7.05 Å². The molecule has 0 spiro atoms. The maximum absolute atomic E-state index is 12.3. The number of rotatable bonds is 2. The molecule has 3 rings (SSSR count). The minimum atomic E-state index is -0.162. The maximum atomic E-state index is 12.3. The first-order valence-electron chi connectivity index (χ1n) is 5.61. The standard InChI is InChI=1S/C14H12N2O2/c1-16-10-5-3-2-4-9(10)8-11(16)14(17)12-6-7-13(15)18-12/h2-8H,15H2,1H3. The van der Waals surface area contributed by atoms with Crippen LogP contribution >= 0.6 is 0 Å². The predicted molar refractivity (Wildman–Crippen MR) is 69.5 cm³/mol. The minimum absolute atomic E-state index is 0.162. The number of benzene rings is 1. The molecule has 4 nitrogen and oxygen atoms in total. The molecule has 2 N–H and O–H groups in total. The van der Waals surface area contributed by atoms with Crippen LogP contribution in [0, 0.1) is 0 Å². The van der Waals surface area contributed by atoms with Crippen molar-refractivity contribution in [1.82, 2.24) is 4.57 Å². The third-order valence-electron chi connectivity index (χ3n) is 3.03. The number of anilines is 1. The van der Waals surface area contributed by atoms with Gasteiger partial charge in [-0.1, -0.05) is 18.2 Å². The molecule has 0 aliphatic carbocycles. The number of carbonyl (C=O) groups is 1. The number of nitrogens with zero attached hydrogens (tertiary/aromatic N) is 1. The van der Waals surface area contributed by atoms with Crippen molar-refractivity contribution in [2.75, 3.05) is 5.73 Å². The molecule has 0 bridgehead atoms. The summed E-state index contributed by atoms with van der Waals surface area (Å²) in [5, 5.41) is 1.03. The molecular weight excluding hydrogens is 228 g/mol. The van der Waals surface area contributed by atoms with Crippen LogP contribution in [0.2, 0.25) is 0 Å². The molecule has 0 unspecified atom stereocenters. The van der Waals surface area contributed by atoms with Crippen molar-refractivity contribution >= 4 is 22.6 Å². The molecule has 0 saturated heterocycles. The number of furan rings is 1. The van der Waals surface area contributed by atoms with E-state index in [2.05, 4.69) is 0 Å². The van der Waals surface area contributed by atoms with E-state index in [-0.39, 0.29) is 17.4 Å². The Kier molecular flexibility index (Phi) is 2.23. The summed E-state index contributed by atoms with van der Waals surface area (Å²) in [5.41, 5.74) is 7.08. The first-order chi connectivity index (χ1) is 8.66. The van der Waals surface area contributed by atoms with Crippen LogP contribution in [0.4, 0.5) is 5.88 Å².